The number of carbonyl (C=O) groups is 1. The van der Waals surface area contributed by atoms with Crippen LogP contribution in [0.5, 0.6) is 0 Å². The van der Waals surface area contributed by atoms with Crippen LogP contribution in [0, 0.1) is 13.8 Å². The predicted octanol–water partition coefficient (Wildman–Crippen LogP) is 4.28. The summed E-state index contributed by atoms with van der Waals surface area (Å²) in [5.41, 5.74) is 5.78. The van der Waals surface area contributed by atoms with E-state index in [1.54, 1.807) is 11.8 Å². The second-order valence-corrected chi connectivity index (χ2v) is 7.74. The van der Waals surface area contributed by atoms with Crippen LogP contribution < -0.4 is 0 Å². The van der Waals surface area contributed by atoms with E-state index in [1.165, 1.54) is 11.1 Å². The Bertz CT molecular complexity index is 783. The van der Waals surface area contributed by atoms with E-state index in [0.29, 0.717) is 12.8 Å². The van der Waals surface area contributed by atoms with Crippen molar-refractivity contribution in [2.24, 2.45) is 0 Å². The molecule has 1 amide bonds. The van der Waals surface area contributed by atoms with Crippen molar-refractivity contribution in [3.8, 4) is 0 Å². The van der Waals surface area contributed by atoms with Crippen molar-refractivity contribution in [1.82, 2.24) is 14.9 Å². The summed E-state index contributed by atoms with van der Waals surface area (Å²) in [4.78, 5) is 23.8. The molecule has 0 bridgehead atoms. The van der Waals surface area contributed by atoms with Crippen molar-refractivity contribution in [3.63, 3.8) is 0 Å². The van der Waals surface area contributed by atoms with E-state index in [-0.39, 0.29) is 11.9 Å². The number of rotatable bonds is 5. The quantitative estimate of drug-likeness (QED) is 0.583. The Hall–Kier alpha value is -1.88. The zero-order chi connectivity index (χ0) is 18.7. The average Bonchev–Trinajstić information content (AvgIpc) is 2.65. The molecule has 1 aliphatic rings. The highest BCUT2D eigenvalue weighted by Crippen LogP contribution is 2.33. The third-order valence-electron chi connectivity index (χ3n) is 5.37. The van der Waals surface area contributed by atoms with E-state index in [4.69, 9.17) is 0 Å². The molecule has 0 N–H and O–H groups in total. The maximum absolute atomic E-state index is 12.9. The molecule has 0 aliphatic heterocycles. The maximum atomic E-state index is 12.9. The van der Waals surface area contributed by atoms with E-state index >= 15 is 0 Å². The molecule has 5 heteroatoms. The predicted molar refractivity (Wildman–Crippen MR) is 106 cm³/mol. The molecular weight excluding hydrogens is 342 g/mol. The zero-order valence-corrected chi connectivity index (χ0v) is 16.9. The molecule has 0 fully saturated rings. The summed E-state index contributed by atoms with van der Waals surface area (Å²) in [5, 5.41) is 0.797. The average molecular weight is 370 g/mol. The Morgan fingerprint density at radius 2 is 1.92 bits per heavy atom. The molecule has 1 atom stereocenters. The first-order valence-corrected chi connectivity index (χ1v) is 10.4. The molecule has 1 unspecified atom stereocenters. The normalized spacial score (nSPS) is 16.2. The molecule has 1 aliphatic carbocycles. The van der Waals surface area contributed by atoms with Crippen LogP contribution >= 0.6 is 11.8 Å². The van der Waals surface area contributed by atoms with Crippen LogP contribution in [0.4, 0.5) is 0 Å². The second-order valence-electron chi connectivity index (χ2n) is 6.97. The Morgan fingerprint density at radius 3 is 2.62 bits per heavy atom. The largest absolute Gasteiger partial charge is 0.339 e. The lowest BCUT2D eigenvalue weighted by atomic mass is 9.87. The van der Waals surface area contributed by atoms with Crippen molar-refractivity contribution in [1.29, 1.82) is 0 Å². The van der Waals surface area contributed by atoms with Crippen molar-refractivity contribution < 1.29 is 4.79 Å². The third-order valence-corrected chi connectivity index (χ3v) is 5.92. The van der Waals surface area contributed by atoms with Gasteiger partial charge in [-0.15, -0.1) is 0 Å². The minimum atomic E-state index is 0.194. The number of hydrogen-bond acceptors (Lipinski definition) is 4. The number of carbonyl (C=O) groups excluding carboxylic acids is 1. The number of hydrogen-bond donors (Lipinski definition) is 0. The molecular formula is C21H27N3OS. The van der Waals surface area contributed by atoms with E-state index < -0.39 is 0 Å². The lowest BCUT2D eigenvalue weighted by Gasteiger charge is -2.33. The first kappa shape index (κ1) is 18.9. The number of benzene rings is 1. The van der Waals surface area contributed by atoms with E-state index in [1.807, 2.05) is 32.1 Å². The number of aromatic nitrogens is 2. The number of fused-ring (bicyclic) bond motifs is 1. The van der Waals surface area contributed by atoms with Crippen LogP contribution in [0.15, 0.2) is 29.4 Å². The molecule has 1 aromatic heterocycles. The van der Waals surface area contributed by atoms with Gasteiger partial charge in [-0.05, 0) is 62.5 Å². The fraction of sp³-hybridized carbons (Fsp3) is 0.476. The monoisotopic (exact) mass is 369 g/mol. The number of aryl methyl sites for hydroxylation is 3. The van der Waals surface area contributed by atoms with Gasteiger partial charge in [0, 0.05) is 24.9 Å². The van der Waals surface area contributed by atoms with Gasteiger partial charge in [0.05, 0.1) is 6.04 Å². The summed E-state index contributed by atoms with van der Waals surface area (Å²) >= 11 is 1.55. The highest BCUT2D eigenvalue weighted by atomic mass is 32.2. The molecule has 3 rings (SSSR count). The van der Waals surface area contributed by atoms with Gasteiger partial charge in [0.2, 0.25) is 5.91 Å². The Balaban J connectivity index is 1.70. The summed E-state index contributed by atoms with van der Waals surface area (Å²) < 4.78 is 0. The maximum Gasteiger partial charge on any atom is 0.223 e. The fourth-order valence-corrected chi connectivity index (χ4v) is 4.33. The summed E-state index contributed by atoms with van der Waals surface area (Å²) in [6, 6.07) is 8.73. The number of nitrogens with zero attached hydrogens (tertiary/aromatic N) is 3. The van der Waals surface area contributed by atoms with Gasteiger partial charge < -0.3 is 4.90 Å². The van der Waals surface area contributed by atoms with Gasteiger partial charge in [-0.1, -0.05) is 36.0 Å². The number of amides is 1. The van der Waals surface area contributed by atoms with Crippen molar-refractivity contribution >= 4 is 17.7 Å². The summed E-state index contributed by atoms with van der Waals surface area (Å²) in [5.74, 6) is 0.194. The molecule has 0 saturated carbocycles. The lowest BCUT2D eigenvalue weighted by Crippen LogP contribution is -2.33. The topological polar surface area (TPSA) is 46.1 Å². The van der Waals surface area contributed by atoms with Crippen LogP contribution in [-0.2, 0) is 17.6 Å². The Labute approximate surface area is 160 Å². The first-order valence-electron chi connectivity index (χ1n) is 9.22. The smallest absolute Gasteiger partial charge is 0.223 e. The molecule has 2 aromatic rings. The minimum Gasteiger partial charge on any atom is -0.339 e. The van der Waals surface area contributed by atoms with Crippen LogP contribution in [0.1, 0.15) is 53.4 Å². The van der Waals surface area contributed by atoms with Gasteiger partial charge in [0.15, 0.2) is 5.16 Å². The summed E-state index contributed by atoms with van der Waals surface area (Å²) in [6.45, 7) is 4.02. The second kappa shape index (κ2) is 8.21. The van der Waals surface area contributed by atoms with Gasteiger partial charge in [0.25, 0.3) is 0 Å². The SMILES string of the molecule is CSc1nc(C)c(CCC(=O)N(C)C2CCCc3ccccc32)c(C)n1. The molecule has 138 valence electrons. The molecule has 0 spiro atoms. The molecule has 0 radical (unpaired) electrons. The van der Waals surface area contributed by atoms with Crippen LogP contribution in [0.2, 0.25) is 0 Å². The van der Waals surface area contributed by atoms with E-state index in [9.17, 15) is 4.79 Å². The lowest BCUT2D eigenvalue weighted by molar-refractivity contribution is -0.132. The van der Waals surface area contributed by atoms with Gasteiger partial charge in [-0.3, -0.25) is 4.79 Å². The fourth-order valence-electron chi connectivity index (χ4n) is 3.87. The number of thioether (sulfide) groups is 1. The van der Waals surface area contributed by atoms with Crippen LogP contribution in [0.3, 0.4) is 0 Å². The van der Waals surface area contributed by atoms with Gasteiger partial charge in [-0.2, -0.15) is 0 Å². The summed E-state index contributed by atoms with van der Waals surface area (Å²) in [6.07, 6.45) is 6.48. The zero-order valence-electron chi connectivity index (χ0n) is 16.1. The van der Waals surface area contributed by atoms with Gasteiger partial charge >= 0.3 is 0 Å². The first-order chi connectivity index (χ1) is 12.5. The molecule has 1 heterocycles. The third kappa shape index (κ3) is 3.93. The summed E-state index contributed by atoms with van der Waals surface area (Å²) in [7, 11) is 1.95. The Kier molecular flexibility index (Phi) is 5.97. The van der Waals surface area contributed by atoms with Crippen molar-refractivity contribution in [2.75, 3.05) is 13.3 Å². The highest BCUT2D eigenvalue weighted by Gasteiger charge is 2.26. The molecule has 26 heavy (non-hydrogen) atoms. The Morgan fingerprint density at radius 1 is 1.23 bits per heavy atom. The highest BCUT2D eigenvalue weighted by molar-refractivity contribution is 7.98. The molecule has 1 aromatic carbocycles. The minimum absolute atomic E-state index is 0.194. The van der Waals surface area contributed by atoms with Crippen molar-refractivity contribution in [3.05, 3.63) is 52.3 Å². The van der Waals surface area contributed by atoms with Gasteiger partial charge in [0.1, 0.15) is 0 Å². The molecule has 4 nitrogen and oxygen atoms in total. The van der Waals surface area contributed by atoms with E-state index in [0.717, 1.165) is 41.4 Å². The molecule has 0 saturated heterocycles. The van der Waals surface area contributed by atoms with Crippen molar-refractivity contribution in [2.45, 2.75) is 57.1 Å². The van der Waals surface area contributed by atoms with Crippen LogP contribution in [-0.4, -0.2) is 34.1 Å². The van der Waals surface area contributed by atoms with Gasteiger partial charge in [-0.25, -0.2) is 9.97 Å². The van der Waals surface area contributed by atoms with Crippen LogP contribution in [0.25, 0.3) is 0 Å². The standard InChI is InChI=1S/C21H27N3OS/c1-14-17(15(2)23-21(22-14)26-4)12-13-20(25)24(3)19-11-7-9-16-8-5-6-10-18(16)19/h5-6,8,10,19H,7,9,11-13H2,1-4H3. The van der Waals surface area contributed by atoms with E-state index in [2.05, 4.69) is 34.2 Å².